The van der Waals surface area contributed by atoms with Gasteiger partial charge in [-0.2, -0.15) is 24.4 Å². The van der Waals surface area contributed by atoms with Gasteiger partial charge in [-0.1, -0.05) is 27.7 Å². The van der Waals surface area contributed by atoms with Crippen molar-refractivity contribution < 1.29 is 0 Å². The third-order valence-corrected chi connectivity index (χ3v) is 7.66. The van der Waals surface area contributed by atoms with Crippen LogP contribution in [0.1, 0.15) is 59.8 Å². The maximum Gasteiger partial charge on any atom is 0.0201 e. The minimum Gasteiger partial charge on any atom is -0.176 e. The summed E-state index contributed by atoms with van der Waals surface area (Å²) in [6, 6.07) is 0. The lowest BCUT2D eigenvalue weighted by Gasteiger charge is -2.46. The summed E-state index contributed by atoms with van der Waals surface area (Å²) in [5.74, 6) is 1.82. The Morgan fingerprint density at radius 2 is 1.61 bits per heavy atom. The molecule has 1 saturated heterocycles. The summed E-state index contributed by atoms with van der Waals surface area (Å²) in [6.45, 7) is 9.89. The largest absolute Gasteiger partial charge is 0.176 e. The van der Waals surface area contributed by atoms with Crippen molar-refractivity contribution in [2.45, 2.75) is 75.5 Å². The summed E-state index contributed by atoms with van der Waals surface area (Å²) in [6.07, 6.45) is 7.01. The van der Waals surface area contributed by atoms with Crippen LogP contribution in [0.25, 0.3) is 0 Å². The molecule has 3 rings (SSSR count). The van der Waals surface area contributed by atoms with Crippen LogP contribution in [-0.2, 0) is 0 Å². The predicted octanol–water partition coefficient (Wildman–Crippen LogP) is 5.03. The van der Waals surface area contributed by atoms with E-state index in [2.05, 4.69) is 39.5 Å². The van der Waals surface area contributed by atoms with Crippen molar-refractivity contribution in [1.29, 1.82) is 0 Å². The number of rotatable bonds is 1. The first-order valence-corrected chi connectivity index (χ1v) is 9.07. The average molecular weight is 285 g/mol. The molecular weight excluding hydrogens is 256 g/mol. The molecule has 18 heavy (non-hydrogen) atoms. The third kappa shape index (κ3) is 2.61. The van der Waals surface area contributed by atoms with E-state index in [0.717, 1.165) is 22.3 Å². The second kappa shape index (κ2) is 4.35. The average Bonchev–Trinajstić information content (AvgIpc) is 2.98. The molecule has 0 spiro atoms. The van der Waals surface area contributed by atoms with Crippen LogP contribution in [0.5, 0.6) is 0 Å². The van der Waals surface area contributed by atoms with Gasteiger partial charge in [0, 0.05) is 15.7 Å². The van der Waals surface area contributed by atoms with Gasteiger partial charge in [-0.3, -0.25) is 0 Å². The van der Waals surface area contributed by atoms with Gasteiger partial charge in [-0.25, -0.2) is 0 Å². The Hall–Kier alpha value is 0.700. The fourth-order valence-electron chi connectivity index (χ4n) is 4.54. The van der Waals surface area contributed by atoms with Crippen molar-refractivity contribution in [2.75, 3.05) is 0 Å². The monoisotopic (exact) mass is 284 g/mol. The molecule has 0 amide bonds. The normalized spacial score (nSPS) is 49.5. The first-order chi connectivity index (χ1) is 8.27. The van der Waals surface area contributed by atoms with Crippen LogP contribution in [0.2, 0.25) is 0 Å². The predicted molar refractivity (Wildman–Crippen MR) is 85.6 cm³/mol. The smallest absolute Gasteiger partial charge is 0.0201 e. The highest BCUT2D eigenvalue weighted by atomic mass is 32.2. The highest BCUT2D eigenvalue weighted by Gasteiger charge is 2.55. The molecule has 0 bridgehead atoms. The van der Waals surface area contributed by atoms with Gasteiger partial charge in [0.15, 0.2) is 0 Å². The molecule has 104 valence electrons. The summed E-state index contributed by atoms with van der Waals surface area (Å²) in [5, 5.41) is 2.65. The molecule has 1 aliphatic heterocycles. The maximum atomic E-state index is 4.95. The Labute approximate surface area is 122 Å². The number of thioether (sulfide) groups is 1. The molecule has 1 heterocycles. The Balaban J connectivity index is 1.76. The lowest BCUT2D eigenvalue weighted by Crippen LogP contribution is -2.41. The summed E-state index contributed by atoms with van der Waals surface area (Å²) >= 11 is 7.22. The van der Waals surface area contributed by atoms with E-state index in [-0.39, 0.29) is 0 Å². The van der Waals surface area contributed by atoms with Crippen LogP contribution >= 0.6 is 24.4 Å². The van der Waals surface area contributed by atoms with Crippen LogP contribution < -0.4 is 0 Å². The molecule has 2 saturated carbocycles. The van der Waals surface area contributed by atoms with Crippen LogP contribution in [0, 0.1) is 22.7 Å². The van der Waals surface area contributed by atoms with E-state index >= 15 is 0 Å². The van der Waals surface area contributed by atoms with E-state index in [9.17, 15) is 0 Å². The summed E-state index contributed by atoms with van der Waals surface area (Å²) in [4.78, 5) is 0. The topological polar surface area (TPSA) is 0 Å². The first kappa shape index (κ1) is 13.7. The fourth-order valence-corrected chi connectivity index (χ4v) is 6.65. The Morgan fingerprint density at radius 3 is 2.33 bits per heavy atom. The molecule has 0 aromatic heterocycles. The molecule has 0 radical (unpaired) electrons. The molecule has 5 atom stereocenters. The highest BCUT2D eigenvalue weighted by molar-refractivity contribution is 8.07. The van der Waals surface area contributed by atoms with Gasteiger partial charge in [0.2, 0.25) is 0 Å². The maximum absolute atomic E-state index is 4.95. The molecule has 0 nitrogen and oxygen atoms in total. The molecule has 2 aliphatic carbocycles. The Morgan fingerprint density at radius 1 is 0.944 bits per heavy atom. The van der Waals surface area contributed by atoms with E-state index in [1.807, 2.05) is 0 Å². The number of thiol groups is 1. The van der Waals surface area contributed by atoms with Gasteiger partial charge in [-0.15, -0.1) is 0 Å². The third-order valence-electron chi connectivity index (χ3n) is 5.54. The van der Waals surface area contributed by atoms with E-state index in [1.54, 1.807) is 0 Å². The van der Waals surface area contributed by atoms with E-state index < -0.39 is 0 Å². The zero-order chi connectivity index (χ0) is 13.1. The molecule has 2 heteroatoms. The highest BCUT2D eigenvalue weighted by Crippen LogP contribution is 2.62. The summed E-state index contributed by atoms with van der Waals surface area (Å²) < 4.78 is 0. The molecule has 3 fully saturated rings. The SMILES string of the molecule is CC1(C)CCC(S)C(C2CC(C)(C)CC3SC32)C1. The lowest BCUT2D eigenvalue weighted by atomic mass is 9.61. The van der Waals surface area contributed by atoms with Crippen LogP contribution in [0.4, 0.5) is 0 Å². The van der Waals surface area contributed by atoms with Gasteiger partial charge in [0.25, 0.3) is 0 Å². The van der Waals surface area contributed by atoms with Crippen molar-refractivity contribution in [1.82, 2.24) is 0 Å². The van der Waals surface area contributed by atoms with Gasteiger partial charge in [0.1, 0.15) is 0 Å². The Kier molecular flexibility index (Phi) is 3.30. The zero-order valence-electron chi connectivity index (χ0n) is 12.3. The molecular formula is C16H28S2. The minimum atomic E-state index is 0.556. The van der Waals surface area contributed by atoms with Crippen molar-refractivity contribution in [3.8, 4) is 0 Å². The number of hydrogen-bond donors (Lipinski definition) is 1. The fraction of sp³-hybridized carbons (Fsp3) is 1.00. The summed E-state index contributed by atoms with van der Waals surface area (Å²) in [7, 11) is 0. The lowest BCUT2D eigenvalue weighted by molar-refractivity contribution is 0.0934. The number of hydrogen-bond acceptors (Lipinski definition) is 2. The summed E-state index contributed by atoms with van der Waals surface area (Å²) in [5.41, 5.74) is 1.13. The van der Waals surface area contributed by atoms with Crippen molar-refractivity contribution >= 4 is 24.4 Å². The first-order valence-electron chi connectivity index (χ1n) is 7.61. The molecule has 3 aliphatic rings. The van der Waals surface area contributed by atoms with Crippen LogP contribution in [-0.4, -0.2) is 15.7 Å². The van der Waals surface area contributed by atoms with Gasteiger partial charge in [-0.05, 0) is 54.8 Å². The quantitative estimate of drug-likeness (QED) is 0.520. The van der Waals surface area contributed by atoms with Gasteiger partial charge in [0.05, 0.1) is 0 Å². The molecule has 0 aromatic rings. The van der Waals surface area contributed by atoms with Crippen LogP contribution in [0.3, 0.4) is 0 Å². The standard InChI is InChI=1S/C16H28S2/c1-15(2)6-5-12(17)10(7-15)11-8-16(3,4)9-13-14(11)18-13/h10-14,17H,5-9H2,1-4H3. The second-order valence-corrected chi connectivity index (χ2v) is 10.6. The van der Waals surface area contributed by atoms with Crippen molar-refractivity contribution in [2.24, 2.45) is 22.7 Å². The number of fused-ring (bicyclic) bond motifs is 1. The van der Waals surface area contributed by atoms with E-state index in [4.69, 9.17) is 12.6 Å². The molecule has 0 aromatic carbocycles. The second-order valence-electron chi connectivity index (χ2n) is 8.51. The minimum absolute atomic E-state index is 0.556. The van der Waals surface area contributed by atoms with Crippen molar-refractivity contribution in [3.63, 3.8) is 0 Å². The van der Waals surface area contributed by atoms with E-state index in [0.29, 0.717) is 16.1 Å². The molecule has 5 unspecified atom stereocenters. The van der Waals surface area contributed by atoms with Crippen LogP contribution in [0.15, 0.2) is 0 Å². The van der Waals surface area contributed by atoms with Crippen molar-refractivity contribution in [3.05, 3.63) is 0 Å². The van der Waals surface area contributed by atoms with Gasteiger partial charge < -0.3 is 0 Å². The van der Waals surface area contributed by atoms with Gasteiger partial charge >= 0.3 is 0 Å². The molecule has 0 N–H and O–H groups in total. The van der Waals surface area contributed by atoms with E-state index in [1.165, 1.54) is 32.1 Å². The Bertz CT molecular complexity index is 328. The zero-order valence-corrected chi connectivity index (χ0v) is 14.0.